The van der Waals surface area contributed by atoms with Crippen molar-refractivity contribution in [3.63, 3.8) is 0 Å². The average Bonchev–Trinajstić information content (AvgIpc) is 3.40. The number of aromatic amines is 1. The normalized spacial score (nSPS) is 23.4. The quantitative estimate of drug-likeness (QED) is 0.698. The zero-order valence-corrected chi connectivity index (χ0v) is 14.9. The molecule has 138 valence electrons. The number of nitrogens with one attached hydrogen (secondary N) is 1. The SMILES string of the molecule is Cc1c[nH]c(CN2CCN(C(=O)C3(CO)CC3)CC(O)C2)c(C)c1=O. The average molecular weight is 349 g/mol. The van der Waals surface area contributed by atoms with Gasteiger partial charge in [0.2, 0.25) is 5.91 Å². The third-order valence-corrected chi connectivity index (χ3v) is 5.48. The Hall–Kier alpha value is -1.70. The molecule has 2 fully saturated rings. The minimum atomic E-state index is -0.640. The van der Waals surface area contributed by atoms with Gasteiger partial charge in [-0.2, -0.15) is 0 Å². The highest BCUT2D eigenvalue weighted by molar-refractivity contribution is 5.85. The van der Waals surface area contributed by atoms with Gasteiger partial charge in [0.15, 0.2) is 5.43 Å². The summed E-state index contributed by atoms with van der Waals surface area (Å²) in [5.74, 6) is -0.0455. The maximum Gasteiger partial charge on any atom is 0.231 e. The van der Waals surface area contributed by atoms with Gasteiger partial charge in [0, 0.05) is 55.7 Å². The number of aryl methyl sites for hydroxylation is 1. The van der Waals surface area contributed by atoms with E-state index < -0.39 is 11.5 Å². The Morgan fingerprint density at radius 2 is 2.04 bits per heavy atom. The number of hydrogen-bond donors (Lipinski definition) is 3. The largest absolute Gasteiger partial charge is 0.395 e. The smallest absolute Gasteiger partial charge is 0.231 e. The van der Waals surface area contributed by atoms with Crippen molar-refractivity contribution in [1.82, 2.24) is 14.8 Å². The maximum absolute atomic E-state index is 12.6. The van der Waals surface area contributed by atoms with Crippen molar-refractivity contribution in [1.29, 1.82) is 0 Å². The van der Waals surface area contributed by atoms with E-state index in [9.17, 15) is 19.8 Å². The van der Waals surface area contributed by atoms with E-state index in [2.05, 4.69) is 9.88 Å². The number of nitrogens with zero attached hydrogens (tertiary/aromatic N) is 2. The molecule has 1 unspecified atom stereocenters. The lowest BCUT2D eigenvalue weighted by atomic mass is 10.1. The van der Waals surface area contributed by atoms with E-state index in [1.54, 1.807) is 18.0 Å². The number of carbonyl (C=O) groups is 1. The molecule has 0 spiro atoms. The van der Waals surface area contributed by atoms with E-state index in [1.807, 2.05) is 6.92 Å². The second kappa shape index (κ2) is 6.90. The van der Waals surface area contributed by atoms with Crippen LogP contribution < -0.4 is 5.43 Å². The lowest BCUT2D eigenvalue weighted by Gasteiger charge is -2.26. The summed E-state index contributed by atoms with van der Waals surface area (Å²) in [6, 6.07) is 0. The summed E-state index contributed by atoms with van der Waals surface area (Å²) in [6.45, 7) is 5.89. The second-order valence-corrected chi connectivity index (χ2v) is 7.48. The molecular formula is C18H27N3O4. The molecule has 7 heteroatoms. The second-order valence-electron chi connectivity index (χ2n) is 7.48. The predicted molar refractivity (Wildman–Crippen MR) is 93.2 cm³/mol. The van der Waals surface area contributed by atoms with Crippen molar-refractivity contribution < 1.29 is 15.0 Å². The van der Waals surface area contributed by atoms with Crippen LogP contribution in [0.25, 0.3) is 0 Å². The van der Waals surface area contributed by atoms with Crippen molar-refractivity contribution >= 4 is 5.91 Å². The molecule has 2 heterocycles. The van der Waals surface area contributed by atoms with Crippen LogP contribution in [0.2, 0.25) is 0 Å². The van der Waals surface area contributed by atoms with Gasteiger partial charge in [-0.3, -0.25) is 14.5 Å². The van der Waals surface area contributed by atoms with Crippen LogP contribution in [-0.4, -0.2) is 69.8 Å². The highest BCUT2D eigenvalue weighted by Gasteiger charge is 2.51. The molecule has 1 atom stereocenters. The summed E-state index contributed by atoms with van der Waals surface area (Å²) in [4.78, 5) is 31.6. The third-order valence-electron chi connectivity index (χ3n) is 5.48. The van der Waals surface area contributed by atoms with Crippen LogP contribution in [0.4, 0.5) is 0 Å². The summed E-state index contributed by atoms with van der Waals surface area (Å²) in [5, 5.41) is 19.8. The summed E-state index contributed by atoms with van der Waals surface area (Å²) >= 11 is 0. The van der Waals surface area contributed by atoms with Gasteiger partial charge in [0.1, 0.15) is 0 Å². The first-order valence-corrected chi connectivity index (χ1v) is 8.85. The predicted octanol–water partition coefficient (Wildman–Crippen LogP) is -0.231. The minimum absolute atomic E-state index is 0.0412. The van der Waals surface area contributed by atoms with Gasteiger partial charge in [-0.05, 0) is 26.7 Å². The number of aliphatic hydroxyl groups is 2. The van der Waals surface area contributed by atoms with Crippen LogP contribution in [0.3, 0.4) is 0 Å². The first kappa shape index (κ1) is 18.1. The highest BCUT2D eigenvalue weighted by Crippen LogP contribution is 2.46. The molecule has 1 saturated carbocycles. The van der Waals surface area contributed by atoms with Crippen molar-refractivity contribution in [3.05, 3.63) is 33.2 Å². The molecule has 1 aromatic heterocycles. The fourth-order valence-corrected chi connectivity index (χ4v) is 3.50. The van der Waals surface area contributed by atoms with Crippen molar-refractivity contribution in [3.8, 4) is 0 Å². The molecule has 1 aromatic rings. The number of β-amino-alcohol motifs (C(OH)–C–C–N with tert-alkyl or cyclic N) is 1. The molecule has 1 aliphatic carbocycles. The molecule has 3 N–H and O–H groups in total. The van der Waals surface area contributed by atoms with E-state index in [1.165, 1.54) is 0 Å². The molecule has 2 aliphatic rings. The number of hydrogen-bond acceptors (Lipinski definition) is 5. The third kappa shape index (κ3) is 3.63. The van der Waals surface area contributed by atoms with Crippen LogP contribution >= 0.6 is 0 Å². The lowest BCUT2D eigenvalue weighted by Crippen LogP contribution is -2.43. The maximum atomic E-state index is 12.6. The molecule has 3 rings (SSSR count). The van der Waals surface area contributed by atoms with Gasteiger partial charge in [-0.15, -0.1) is 0 Å². The van der Waals surface area contributed by atoms with Crippen LogP contribution in [0.15, 0.2) is 11.0 Å². The summed E-state index contributed by atoms with van der Waals surface area (Å²) in [5.41, 5.74) is 1.67. The molecule has 1 amide bonds. The van der Waals surface area contributed by atoms with Gasteiger partial charge in [0.05, 0.1) is 18.1 Å². The van der Waals surface area contributed by atoms with Crippen LogP contribution in [0.5, 0.6) is 0 Å². The summed E-state index contributed by atoms with van der Waals surface area (Å²) in [6.07, 6.45) is 2.52. The standard InChI is InChI=1S/C18H27N3O4/c1-12-7-19-15(13(2)16(12)24)10-20-5-6-21(9-14(23)8-20)17(25)18(11-22)3-4-18/h7,14,22-23H,3-6,8-11H2,1-2H3,(H,19,24). The van der Waals surface area contributed by atoms with Gasteiger partial charge in [-0.1, -0.05) is 0 Å². The molecule has 25 heavy (non-hydrogen) atoms. The molecule has 0 radical (unpaired) electrons. The number of aromatic nitrogens is 1. The van der Waals surface area contributed by atoms with E-state index in [0.717, 1.165) is 18.5 Å². The Kier molecular flexibility index (Phi) is 4.99. The summed E-state index contributed by atoms with van der Waals surface area (Å²) in [7, 11) is 0. The molecule has 1 saturated heterocycles. The highest BCUT2D eigenvalue weighted by atomic mass is 16.3. The van der Waals surface area contributed by atoms with E-state index in [0.29, 0.717) is 43.9 Å². The first-order chi connectivity index (χ1) is 11.9. The number of rotatable bonds is 4. The molecule has 0 bridgehead atoms. The monoisotopic (exact) mass is 349 g/mol. The van der Waals surface area contributed by atoms with Crippen molar-refractivity contribution in [2.75, 3.05) is 32.8 Å². The Morgan fingerprint density at radius 1 is 1.32 bits per heavy atom. The van der Waals surface area contributed by atoms with E-state index >= 15 is 0 Å². The number of aliphatic hydroxyl groups excluding tert-OH is 2. The lowest BCUT2D eigenvalue weighted by molar-refractivity contribution is -0.139. The van der Waals surface area contributed by atoms with E-state index in [4.69, 9.17) is 0 Å². The van der Waals surface area contributed by atoms with Crippen LogP contribution in [0, 0.1) is 19.3 Å². The van der Waals surface area contributed by atoms with Crippen molar-refractivity contribution in [2.45, 2.75) is 39.3 Å². The Balaban J connectivity index is 1.69. The van der Waals surface area contributed by atoms with Crippen LogP contribution in [-0.2, 0) is 11.3 Å². The Morgan fingerprint density at radius 3 is 2.68 bits per heavy atom. The number of H-pyrrole nitrogens is 1. The molecule has 1 aliphatic heterocycles. The Bertz CT molecular complexity index is 711. The molecular weight excluding hydrogens is 322 g/mol. The van der Waals surface area contributed by atoms with E-state index in [-0.39, 0.29) is 17.9 Å². The van der Waals surface area contributed by atoms with Gasteiger partial charge < -0.3 is 20.1 Å². The Labute approximate surface area is 147 Å². The number of pyridine rings is 1. The zero-order valence-electron chi connectivity index (χ0n) is 14.9. The summed E-state index contributed by atoms with van der Waals surface area (Å²) < 4.78 is 0. The molecule has 0 aromatic carbocycles. The van der Waals surface area contributed by atoms with Crippen LogP contribution in [0.1, 0.15) is 29.7 Å². The number of amides is 1. The van der Waals surface area contributed by atoms with Crippen molar-refractivity contribution in [2.24, 2.45) is 5.41 Å². The van der Waals surface area contributed by atoms with Gasteiger partial charge in [-0.25, -0.2) is 0 Å². The van der Waals surface area contributed by atoms with Gasteiger partial charge in [0.25, 0.3) is 0 Å². The first-order valence-electron chi connectivity index (χ1n) is 8.85. The minimum Gasteiger partial charge on any atom is -0.395 e. The molecule has 7 nitrogen and oxygen atoms in total. The fraction of sp³-hybridized carbons (Fsp3) is 0.667. The topological polar surface area (TPSA) is 96.9 Å². The fourth-order valence-electron chi connectivity index (χ4n) is 3.50. The zero-order chi connectivity index (χ0) is 18.2. The van der Waals surface area contributed by atoms with Gasteiger partial charge >= 0.3 is 0 Å². The number of carbonyl (C=O) groups excluding carboxylic acids is 1.